The third kappa shape index (κ3) is 4.78. The average molecular weight is 423 g/mol. The fraction of sp³-hybridized carbons (Fsp3) is 0.208. The van der Waals surface area contributed by atoms with Crippen LogP contribution in [0.1, 0.15) is 16.7 Å². The van der Waals surface area contributed by atoms with Gasteiger partial charge in [0.15, 0.2) is 18.1 Å². The number of benzene rings is 3. The normalized spacial score (nSPS) is 13.2. The van der Waals surface area contributed by atoms with Crippen molar-refractivity contribution in [3.05, 3.63) is 83.2 Å². The smallest absolute Gasteiger partial charge is 0.341 e. The molecular weight excluding hydrogens is 401 g/mol. The maximum atomic E-state index is 14.0. The number of ether oxygens (including phenoxy) is 3. The van der Waals surface area contributed by atoms with Crippen LogP contribution in [0.2, 0.25) is 0 Å². The number of fused-ring (bicyclic) bond motifs is 2. The molecule has 1 heterocycles. The highest BCUT2D eigenvalue weighted by atomic mass is 19.1. The number of methoxy groups -OCH3 is 1. The summed E-state index contributed by atoms with van der Waals surface area (Å²) in [6.07, 6.45) is 0. The Morgan fingerprint density at radius 2 is 1.84 bits per heavy atom. The SMILES string of the molecule is COc1cccc2c1Oc1ccc(F)cc1CN(Cc1ccccc1OCC(=O)O)C2. The molecule has 0 radical (unpaired) electrons. The van der Waals surface area contributed by atoms with Gasteiger partial charge in [-0.05, 0) is 30.3 Å². The van der Waals surface area contributed by atoms with Crippen LogP contribution in [0.25, 0.3) is 0 Å². The van der Waals surface area contributed by atoms with Gasteiger partial charge in [0.25, 0.3) is 0 Å². The lowest BCUT2D eigenvalue weighted by atomic mass is 10.1. The van der Waals surface area contributed by atoms with Crippen molar-refractivity contribution in [1.82, 2.24) is 4.90 Å². The summed E-state index contributed by atoms with van der Waals surface area (Å²) in [5, 5.41) is 8.95. The molecule has 0 fully saturated rings. The minimum atomic E-state index is -1.04. The summed E-state index contributed by atoms with van der Waals surface area (Å²) in [4.78, 5) is 13.1. The topological polar surface area (TPSA) is 68.2 Å². The quantitative estimate of drug-likeness (QED) is 0.625. The highest BCUT2D eigenvalue weighted by Crippen LogP contribution is 2.40. The number of rotatable bonds is 6. The van der Waals surface area contributed by atoms with Crippen LogP contribution in [0.3, 0.4) is 0 Å². The number of carboxylic acids is 1. The van der Waals surface area contributed by atoms with E-state index in [-0.39, 0.29) is 5.82 Å². The van der Waals surface area contributed by atoms with Gasteiger partial charge in [-0.15, -0.1) is 0 Å². The van der Waals surface area contributed by atoms with Gasteiger partial charge in [0.1, 0.15) is 17.3 Å². The molecular formula is C24H22FNO5. The monoisotopic (exact) mass is 423 g/mol. The van der Waals surface area contributed by atoms with Gasteiger partial charge in [-0.3, -0.25) is 4.90 Å². The second kappa shape index (κ2) is 9.06. The fourth-order valence-corrected chi connectivity index (χ4v) is 3.65. The van der Waals surface area contributed by atoms with Gasteiger partial charge in [0.2, 0.25) is 0 Å². The standard InChI is InChI=1S/C24H22FNO5/c1-29-22-8-4-6-17-13-26(12-16-5-2-3-7-20(16)30-15-23(27)28)14-18-11-19(25)9-10-21(18)31-24(17)22/h2-11H,12-15H2,1H3,(H,27,28). The second-order valence-electron chi connectivity index (χ2n) is 7.24. The fourth-order valence-electron chi connectivity index (χ4n) is 3.65. The lowest BCUT2D eigenvalue weighted by molar-refractivity contribution is -0.139. The Bertz CT molecular complexity index is 1100. The van der Waals surface area contributed by atoms with Crippen molar-refractivity contribution in [2.24, 2.45) is 0 Å². The lowest BCUT2D eigenvalue weighted by Crippen LogP contribution is -2.25. The van der Waals surface area contributed by atoms with Crippen molar-refractivity contribution >= 4 is 5.97 Å². The Morgan fingerprint density at radius 1 is 1.06 bits per heavy atom. The summed E-state index contributed by atoms with van der Waals surface area (Å²) in [6, 6.07) is 17.5. The molecule has 0 amide bonds. The minimum absolute atomic E-state index is 0.340. The summed E-state index contributed by atoms with van der Waals surface area (Å²) in [6.45, 7) is 1.02. The van der Waals surface area contributed by atoms with Gasteiger partial charge in [0.05, 0.1) is 7.11 Å². The first-order valence-electron chi connectivity index (χ1n) is 9.80. The van der Waals surface area contributed by atoms with Crippen LogP contribution in [-0.4, -0.2) is 29.7 Å². The summed E-state index contributed by atoms with van der Waals surface area (Å²) in [5.74, 6) is 0.885. The van der Waals surface area contributed by atoms with Crippen molar-refractivity contribution in [2.75, 3.05) is 13.7 Å². The highest BCUT2D eigenvalue weighted by molar-refractivity contribution is 5.68. The molecule has 160 valence electrons. The van der Waals surface area contributed by atoms with E-state index < -0.39 is 12.6 Å². The van der Waals surface area contributed by atoms with E-state index in [4.69, 9.17) is 19.3 Å². The molecule has 0 unspecified atom stereocenters. The molecule has 0 saturated heterocycles. The molecule has 0 spiro atoms. The van der Waals surface area contributed by atoms with Crippen LogP contribution in [0.4, 0.5) is 4.39 Å². The maximum absolute atomic E-state index is 14.0. The van der Waals surface area contributed by atoms with E-state index in [2.05, 4.69) is 4.90 Å². The van der Waals surface area contributed by atoms with Crippen molar-refractivity contribution < 1.29 is 28.5 Å². The minimum Gasteiger partial charge on any atom is -0.493 e. The summed E-state index contributed by atoms with van der Waals surface area (Å²) >= 11 is 0. The van der Waals surface area contributed by atoms with E-state index in [1.165, 1.54) is 12.1 Å². The van der Waals surface area contributed by atoms with Crippen LogP contribution in [0.15, 0.2) is 60.7 Å². The maximum Gasteiger partial charge on any atom is 0.341 e. The van der Waals surface area contributed by atoms with Gasteiger partial charge in [0, 0.05) is 36.3 Å². The predicted molar refractivity (Wildman–Crippen MR) is 112 cm³/mol. The van der Waals surface area contributed by atoms with Crippen LogP contribution >= 0.6 is 0 Å². The van der Waals surface area contributed by atoms with Crippen LogP contribution in [0.5, 0.6) is 23.0 Å². The van der Waals surface area contributed by atoms with E-state index in [0.29, 0.717) is 48.2 Å². The number of halogens is 1. The van der Waals surface area contributed by atoms with E-state index in [1.807, 2.05) is 30.3 Å². The number of hydrogen-bond acceptors (Lipinski definition) is 5. The number of carboxylic acid groups (broad SMARTS) is 1. The zero-order chi connectivity index (χ0) is 21.8. The molecule has 7 heteroatoms. The highest BCUT2D eigenvalue weighted by Gasteiger charge is 2.22. The molecule has 0 bridgehead atoms. The molecule has 6 nitrogen and oxygen atoms in total. The van der Waals surface area contributed by atoms with Gasteiger partial charge in [-0.1, -0.05) is 30.3 Å². The van der Waals surface area contributed by atoms with Crippen molar-refractivity contribution in [1.29, 1.82) is 0 Å². The van der Waals surface area contributed by atoms with Gasteiger partial charge in [-0.2, -0.15) is 0 Å². The zero-order valence-electron chi connectivity index (χ0n) is 17.0. The Kier molecular flexibility index (Phi) is 6.04. The summed E-state index contributed by atoms with van der Waals surface area (Å²) in [7, 11) is 1.58. The Hall–Kier alpha value is -3.58. The van der Waals surface area contributed by atoms with E-state index in [0.717, 1.165) is 11.1 Å². The molecule has 4 rings (SSSR count). The number of para-hydroxylation sites is 2. The zero-order valence-corrected chi connectivity index (χ0v) is 17.0. The average Bonchev–Trinajstić information content (AvgIpc) is 2.74. The Labute approximate surface area is 179 Å². The molecule has 31 heavy (non-hydrogen) atoms. The van der Waals surface area contributed by atoms with Crippen LogP contribution < -0.4 is 14.2 Å². The molecule has 1 aliphatic rings. The van der Waals surface area contributed by atoms with Gasteiger partial charge >= 0.3 is 5.97 Å². The summed E-state index contributed by atoms with van der Waals surface area (Å²) in [5.41, 5.74) is 2.48. The first-order valence-corrected chi connectivity index (χ1v) is 9.80. The van der Waals surface area contributed by atoms with E-state index in [9.17, 15) is 9.18 Å². The Balaban J connectivity index is 1.71. The van der Waals surface area contributed by atoms with Crippen LogP contribution in [-0.2, 0) is 24.4 Å². The van der Waals surface area contributed by atoms with E-state index >= 15 is 0 Å². The predicted octanol–water partition coefficient (Wildman–Crippen LogP) is 4.61. The lowest BCUT2D eigenvalue weighted by Gasteiger charge is -2.29. The molecule has 1 N–H and O–H groups in total. The molecule has 0 saturated carbocycles. The number of carbonyl (C=O) groups is 1. The molecule has 0 aromatic heterocycles. The van der Waals surface area contributed by atoms with Gasteiger partial charge in [-0.25, -0.2) is 9.18 Å². The number of hydrogen-bond donors (Lipinski definition) is 1. The molecule has 0 atom stereocenters. The van der Waals surface area contributed by atoms with Crippen LogP contribution in [0, 0.1) is 5.82 Å². The molecule has 0 aliphatic carbocycles. The summed E-state index contributed by atoms with van der Waals surface area (Å²) < 4.78 is 31.1. The largest absolute Gasteiger partial charge is 0.493 e. The van der Waals surface area contributed by atoms with Crippen molar-refractivity contribution in [3.8, 4) is 23.0 Å². The van der Waals surface area contributed by atoms with Gasteiger partial charge < -0.3 is 19.3 Å². The first-order chi connectivity index (χ1) is 15.0. The second-order valence-corrected chi connectivity index (χ2v) is 7.24. The Morgan fingerprint density at radius 3 is 2.65 bits per heavy atom. The van der Waals surface area contributed by atoms with E-state index in [1.54, 1.807) is 25.3 Å². The number of aliphatic carboxylic acids is 1. The molecule has 1 aliphatic heterocycles. The third-order valence-corrected chi connectivity index (χ3v) is 5.02. The van der Waals surface area contributed by atoms with Crippen molar-refractivity contribution in [3.63, 3.8) is 0 Å². The van der Waals surface area contributed by atoms with Crippen molar-refractivity contribution in [2.45, 2.75) is 19.6 Å². The molecule has 3 aromatic rings. The molecule has 3 aromatic carbocycles. The third-order valence-electron chi connectivity index (χ3n) is 5.02. The first kappa shape index (κ1) is 20.7. The number of nitrogens with zero attached hydrogens (tertiary/aromatic N) is 1.